The maximum atomic E-state index is 12.3. The third kappa shape index (κ3) is 3.69. The number of hydrogen-bond donors (Lipinski definition) is 1. The van der Waals surface area contributed by atoms with Crippen molar-refractivity contribution in [3.63, 3.8) is 0 Å². The summed E-state index contributed by atoms with van der Waals surface area (Å²) in [6.07, 6.45) is 3.55. The maximum Gasteiger partial charge on any atom is 0.234 e. The summed E-state index contributed by atoms with van der Waals surface area (Å²) in [4.78, 5) is 16.3. The van der Waals surface area contributed by atoms with Crippen molar-refractivity contribution in [1.82, 2.24) is 9.55 Å². The number of hydrogen-bond acceptors (Lipinski definition) is 3. The van der Waals surface area contributed by atoms with E-state index < -0.39 is 0 Å². The van der Waals surface area contributed by atoms with Crippen molar-refractivity contribution < 1.29 is 4.79 Å². The number of carbonyl (C=O) groups is 1. The van der Waals surface area contributed by atoms with E-state index in [4.69, 9.17) is 0 Å². The zero-order chi connectivity index (χ0) is 18.6. The highest BCUT2D eigenvalue weighted by Crippen LogP contribution is 2.31. The molecule has 4 aromatic rings. The van der Waals surface area contributed by atoms with Gasteiger partial charge in [-0.3, -0.25) is 9.78 Å². The summed E-state index contributed by atoms with van der Waals surface area (Å²) in [6.45, 7) is 3.07. The zero-order valence-corrected chi connectivity index (χ0v) is 16.0. The molecular weight excluding hydrogens is 354 g/mol. The van der Waals surface area contributed by atoms with Crippen molar-refractivity contribution >= 4 is 45.2 Å². The first-order valence-electron chi connectivity index (χ1n) is 9.03. The number of para-hydroxylation sites is 1. The number of anilines is 1. The Balaban J connectivity index is 1.49. The Morgan fingerprint density at radius 1 is 1.04 bits per heavy atom. The number of fused-ring (bicyclic) bond motifs is 3. The molecule has 0 fully saturated rings. The number of nitrogens with one attached hydrogen (secondary N) is 1. The quantitative estimate of drug-likeness (QED) is 0.511. The Morgan fingerprint density at radius 2 is 1.81 bits per heavy atom. The Bertz CT molecular complexity index is 1090. The molecular formula is C22H21N3OS. The largest absolute Gasteiger partial charge is 0.341 e. The number of carbonyl (C=O) groups excluding carboxylic acids is 1. The lowest BCUT2D eigenvalue weighted by atomic mass is 10.1. The van der Waals surface area contributed by atoms with Crippen LogP contribution in [0.1, 0.15) is 12.5 Å². The van der Waals surface area contributed by atoms with Crippen LogP contribution in [-0.2, 0) is 17.1 Å². The highest BCUT2D eigenvalue weighted by Gasteiger charge is 2.10. The highest BCUT2D eigenvalue weighted by molar-refractivity contribution is 7.99. The first-order chi connectivity index (χ1) is 13.3. The van der Waals surface area contributed by atoms with Crippen LogP contribution in [0.25, 0.3) is 21.8 Å². The summed E-state index contributed by atoms with van der Waals surface area (Å²) < 4.78 is 2.31. The van der Waals surface area contributed by atoms with Crippen molar-refractivity contribution in [3.8, 4) is 0 Å². The van der Waals surface area contributed by atoms with Crippen LogP contribution in [0.4, 0.5) is 5.69 Å². The molecule has 1 N–H and O–H groups in total. The predicted octanol–water partition coefficient (Wildman–Crippen LogP) is 5.08. The smallest absolute Gasteiger partial charge is 0.234 e. The molecule has 2 aromatic carbocycles. The van der Waals surface area contributed by atoms with Crippen molar-refractivity contribution in [2.45, 2.75) is 19.2 Å². The zero-order valence-electron chi connectivity index (χ0n) is 15.2. The number of benzene rings is 2. The van der Waals surface area contributed by atoms with Crippen LogP contribution in [0.3, 0.4) is 0 Å². The number of aryl methyl sites for hydroxylation is 1. The molecule has 0 atom stereocenters. The molecule has 2 heterocycles. The maximum absolute atomic E-state index is 12.3. The van der Waals surface area contributed by atoms with Gasteiger partial charge in [0.15, 0.2) is 0 Å². The number of rotatable bonds is 6. The molecule has 4 nitrogen and oxygen atoms in total. The topological polar surface area (TPSA) is 46.9 Å². The van der Waals surface area contributed by atoms with E-state index in [1.54, 1.807) is 24.2 Å². The first kappa shape index (κ1) is 17.6. The van der Waals surface area contributed by atoms with Gasteiger partial charge in [0, 0.05) is 52.2 Å². The summed E-state index contributed by atoms with van der Waals surface area (Å²) in [5.41, 5.74) is 4.45. The van der Waals surface area contributed by atoms with Gasteiger partial charge in [0.2, 0.25) is 5.91 Å². The van der Waals surface area contributed by atoms with Crippen molar-refractivity contribution in [3.05, 3.63) is 72.6 Å². The van der Waals surface area contributed by atoms with Crippen LogP contribution >= 0.6 is 11.8 Å². The van der Waals surface area contributed by atoms with E-state index in [9.17, 15) is 4.79 Å². The second-order valence-corrected chi connectivity index (χ2v) is 7.38. The van der Waals surface area contributed by atoms with E-state index in [1.807, 2.05) is 18.2 Å². The lowest BCUT2D eigenvalue weighted by Crippen LogP contribution is -2.14. The van der Waals surface area contributed by atoms with E-state index in [2.05, 4.69) is 58.2 Å². The van der Waals surface area contributed by atoms with E-state index in [-0.39, 0.29) is 5.91 Å². The van der Waals surface area contributed by atoms with Crippen LogP contribution in [0.2, 0.25) is 0 Å². The molecule has 0 radical (unpaired) electrons. The molecule has 0 aliphatic heterocycles. The second kappa shape index (κ2) is 7.84. The minimum atomic E-state index is 0.0210. The Labute approximate surface area is 162 Å². The molecule has 0 aliphatic carbocycles. The normalized spacial score (nSPS) is 11.1. The molecule has 136 valence electrons. The van der Waals surface area contributed by atoms with E-state index >= 15 is 0 Å². The summed E-state index contributed by atoms with van der Waals surface area (Å²) in [5, 5.41) is 5.43. The van der Waals surface area contributed by atoms with Gasteiger partial charge in [0.1, 0.15) is 0 Å². The molecule has 0 aliphatic rings. The molecule has 0 saturated carbocycles. The molecule has 4 rings (SSSR count). The monoisotopic (exact) mass is 375 g/mol. The van der Waals surface area contributed by atoms with Crippen LogP contribution in [0.5, 0.6) is 0 Å². The molecule has 0 saturated heterocycles. The van der Waals surface area contributed by atoms with E-state index in [1.165, 1.54) is 27.4 Å². The third-order valence-electron chi connectivity index (χ3n) is 4.62. The van der Waals surface area contributed by atoms with E-state index in [0.29, 0.717) is 5.75 Å². The fourth-order valence-corrected chi connectivity index (χ4v) is 4.20. The van der Waals surface area contributed by atoms with Gasteiger partial charge in [-0.15, -0.1) is 11.8 Å². The van der Waals surface area contributed by atoms with Crippen LogP contribution in [0, 0.1) is 0 Å². The number of aromatic nitrogens is 2. The fraction of sp³-hybridized carbons (Fsp3) is 0.182. The summed E-state index contributed by atoms with van der Waals surface area (Å²) >= 11 is 1.60. The minimum absolute atomic E-state index is 0.0210. The van der Waals surface area contributed by atoms with Gasteiger partial charge in [-0.2, -0.15) is 0 Å². The molecule has 0 unspecified atom stereocenters. The van der Waals surface area contributed by atoms with Gasteiger partial charge in [-0.1, -0.05) is 18.2 Å². The second-order valence-electron chi connectivity index (χ2n) is 6.39. The first-order valence-corrected chi connectivity index (χ1v) is 10.2. The molecule has 0 bridgehead atoms. The van der Waals surface area contributed by atoms with Crippen LogP contribution < -0.4 is 5.32 Å². The van der Waals surface area contributed by atoms with Gasteiger partial charge in [0.25, 0.3) is 0 Å². The molecule has 2 aromatic heterocycles. The van der Waals surface area contributed by atoms with Crippen molar-refractivity contribution in [2.75, 3.05) is 11.1 Å². The lowest BCUT2D eigenvalue weighted by Gasteiger charge is -2.07. The average Bonchev–Trinajstić information content (AvgIpc) is 3.02. The third-order valence-corrected chi connectivity index (χ3v) is 5.63. The Hall–Kier alpha value is -2.79. The SMILES string of the molecule is CCn1c2ccccc2c2cc(NC(=O)CSCc3ccncc3)ccc21. The average molecular weight is 375 g/mol. The fourth-order valence-electron chi connectivity index (χ4n) is 3.41. The van der Waals surface area contributed by atoms with Gasteiger partial charge in [0.05, 0.1) is 5.75 Å². The molecule has 27 heavy (non-hydrogen) atoms. The Morgan fingerprint density at radius 3 is 2.63 bits per heavy atom. The number of amides is 1. The summed E-state index contributed by atoms with van der Waals surface area (Å²) in [5.74, 6) is 1.25. The standard InChI is InChI=1S/C22H21N3OS/c1-2-25-20-6-4-3-5-18(20)19-13-17(7-8-21(19)25)24-22(26)15-27-14-16-9-11-23-12-10-16/h3-13H,2,14-15H2,1H3,(H,24,26). The lowest BCUT2D eigenvalue weighted by molar-refractivity contribution is -0.113. The number of pyridine rings is 1. The van der Waals surface area contributed by atoms with Crippen LogP contribution in [-0.4, -0.2) is 21.2 Å². The molecule has 5 heteroatoms. The molecule has 1 amide bonds. The van der Waals surface area contributed by atoms with Crippen molar-refractivity contribution in [1.29, 1.82) is 0 Å². The van der Waals surface area contributed by atoms with Gasteiger partial charge >= 0.3 is 0 Å². The van der Waals surface area contributed by atoms with Crippen molar-refractivity contribution in [2.24, 2.45) is 0 Å². The highest BCUT2D eigenvalue weighted by atomic mass is 32.2. The predicted molar refractivity (Wildman–Crippen MR) is 114 cm³/mol. The molecule has 0 spiro atoms. The minimum Gasteiger partial charge on any atom is -0.341 e. The number of nitrogens with zero attached hydrogens (tertiary/aromatic N) is 2. The number of thioether (sulfide) groups is 1. The van der Waals surface area contributed by atoms with E-state index in [0.717, 1.165) is 18.0 Å². The van der Waals surface area contributed by atoms with Gasteiger partial charge < -0.3 is 9.88 Å². The van der Waals surface area contributed by atoms with Gasteiger partial charge in [-0.05, 0) is 48.9 Å². The summed E-state index contributed by atoms with van der Waals surface area (Å²) in [6, 6.07) is 18.5. The summed E-state index contributed by atoms with van der Waals surface area (Å²) in [7, 11) is 0. The Kier molecular flexibility index (Phi) is 5.12. The van der Waals surface area contributed by atoms with Crippen LogP contribution in [0.15, 0.2) is 67.0 Å². The van der Waals surface area contributed by atoms with Gasteiger partial charge in [-0.25, -0.2) is 0 Å².